The van der Waals surface area contributed by atoms with E-state index in [0.29, 0.717) is 35.8 Å². The lowest BCUT2D eigenvalue weighted by Gasteiger charge is -2.40. The number of carbonyl (C=O) groups is 2. The molecule has 10 nitrogen and oxygen atoms in total. The molecule has 0 saturated carbocycles. The Morgan fingerprint density at radius 3 is 2.28 bits per heavy atom. The van der Waals surface area contributed by atoms with Crippen LogP contribution in [0.1, 0.15) is 60.7 Å². The zero-order chi connectivity index (χ0) is 33.6. The van der Waals surface area contributed by atoms with Crippen LogP contribution < -0.4 is 25.0 Å². The Balaban J connectivity index is 1.18. The monoisotopic (exact) mass is 653 g/mol. The van der Waals surface area contributed by atoms with Gasteiger partial charge in [0.2, 0.25) is 0 Å². The maximum atomic E-state index is 13.8. The molecule has 11 heteroatoms. The minimum atomic E-state index is -3.73. The van der Waals surface area contributed by atoms with Crippen LogP contribution >= 0.6 is 0 Å². The van der Waals surface area contributed by atoms with Gasteiger partial charge in [0.05, 0.1) is 21.8 Å². The number of rotatable bonds is 6. The molecule has 1 saturated heterocycles. The van der Waals surface area contributed by atoms with Crippen LogP contribution in [0.4, 0.5) is 22.0 Å². The lowest BCUT2D eigenvalue weighted by Crippen LogP contribution is -2.46. The number of carbonyl (C=O) groups excluding carboxylic acids is 2. The van der Waals surface area contributed by atoms with Gasteiger partial charge in [-0.15, -0.1) is 0 Å². The van der Waals surface area contributed by atoms with Crippen LogP contribution in [0, 0.1) is 6.92 Å². The number of pyridine rings is 1. The SMILES string of the molecule is Cc1ccc(S(=O)(=O)N2CC3(CCN(c4ccc(C(=O)Nc5c(OC(N)=O)cccc5C(C)(C)C)cn4)CC3)c3ccccc32)cc1. The average molecular weight is 654 g/mol. The lowest BCUT2D eigenvalue weighted by atomic mass is 9.74. The molecular weight excluding hydrogens is 614 g/mol. The molecule has 2 aliphatic heterocycles. The number of piperidine rings is 1. The van der Waals surface area contributed by atoms with Crippen molar-refractivity contribution >= 4 is 39.2 Å². The number of hydrogen-bond donors (Lipinski definition) is 2. The molecule has 244 valence electrons. The predicted molar refractivity (Wildman–Crippen MR) is 183 cm³/mol. The summed E-state index contributed by atoms with van der Waals surface area (Å²) >= 11 is 0. The van der Waals surface area contributed by atoms with Gasteiger partial charge in [-0.25, -0.2) is 18.2 Å². The molecular formula is C36H39N5O5S. The quantitative estimate of drug-likeness (QED) is 0.255. The summed E-state index contributed by atoms with van der Waals surface area (Å²) in [6.07, 6.45) is 2.06. The van der Waals surface area contributed by atoms with Crippen LogP contribution in [0.3, 0.4) is 0 Å². The number of aryl methyl sites for hydroxylation is 1. The van der Waals surface area contributed by atoms with Gasteiger partial charge in [-0.3, -0.25) is 9.10 Å². The number of nitrogens with zero attached hydrogens (tertiary/aromatic N) is 3. The Bertz CT molecular complexity index is 1930. The van der Waals surface area contributed by atoms with Crippen LogP contribution in [0.5, 0.6) is 5.75 Å². The molecule has 4 aromatic rings. The van der Waals surface area contributed by atoms with E-state index in [4.69, 9.17) is 10.5 Å². The summed E-state index contributed by atoms with van der Waals surface area (Å²) < 4.78 is 34.4. The topological polar surface area (TPSA) is 135 Å². The molecule has 0 aliphatic carbocycles. The van der Waals surface area contributed by atoms with E-state index in [-0.39, 0.29) is 16.6 Å². The predicted octanol–water partition coefficient (Wildman–Crippen LogP) is 6.14. The van der Waals surface area contributed by atoms with Crippen LogP contribution in [0.15, 0.2) is 90.0 Å². The second-order valence-corrected chi connectivity index (χ2v) is 15.2. The van der Waals surface area contributed by atoms with Crippen LogP contribution in [0.25, 0.3) is 0 Å². The van der Waals surface area contributed by atoms with Gasteiger partial charge in [0, 0.05) is 31.2 Å². The summed E-state index contributed by atoms with van der Waals surface area (Å²) in [6.45, 7) is 9.67. The average Bonchev–Trinajstić information content (AvgIpc) is 3.36. The summed E-state index contributed by atoms with van der Waals surface area (Å²) in [6, 6.07) is 23.6. The first kappa shape index (κ1) is 32.1. The summed E-state index contributed by atoms with van der Waals surface area (Å²) in [5, 5.41) is 2.90. The number of para-hydroxylation sites is 2. The number of ether oxygens (including phenoxy) is 1. The number of amides is 2. The Labute approximate surface area is 275 Å². The molecule has 47 heavy (non-hydrogen) atoms. The van der Waals surface area contributed by atoms with Crippen molar-refractivity contribution in [1.82, 2.24) is 4.98 Å². The van der Waals surface area contributed by atoms with Gasteiger partial charge < -0.3 is 20.7 Å². The first-order chi connectivity index (χ1) is 22.3. The number of aromatic nitrogens is 1. The summed E-state index contributed by atoms with van der Waals surface area (Å²) in [5.74, 6) is 0.508. The Morgan fingerprint density at radius 1 is 0.936 bits per heavy atom. The van der Waals surface area contributed by atoms with Crippen molar-refractivity contribution in [3.63, 3.8) is 0 Å². The highest BCUT2D eigenvalue weighted by atomic mass is 32.2. The first-order valence-corrected chi connectivity index (χ1v) is 17.0. The second kappa shape index (κ2) is 12.0. The molecule has 6 rings (SSSR count). The summed E-state index contributed by atoms with van der Waals surface area (Å²) in [7, 11) is -3.73. The molecule has 3 heterocycles. The molecule has 0 unspecified atom stereocenters. The van der Waals surface area contributed by atoms with Crippen molar-refractivity contribution in [2.45, 2.75) is 56.3 Å². The van der Waals surface area contributed by atoms with Crippen LogP contribution in [0.2, 0.25) is 0 Å². The van der Waals surface area contributed by atoms with E-state index in [1.807, 2.05) is 70.2 Å². The number of anilines is 3. The molecule has 0 radical (unpaired) electrons. The van der Waals surface area contributed by atoms with Gasteiger partial charge in [0.15, 0.2) is 5.75 Å². The lowest BCUT2D eigenvalue weighted by molar-refractivity contribution is 0.102. The smallest absolute Gasteiger partial charge is 0.408 e. The van der Waals surface area contributed by atoms with E-state index in [1.54, 1.807) is 34.6 Å². The zero-order valence-electron chi connectivity index (χ0n) is 27.0. The van der Waals surface area contributed by atoms with Gasteiger partial charge in [-0.05, 0) is 72.7 Å². The van der Waals surface area contributed by atoms with Crippen molar-refractivity contribution < 1.29 is 22.7 Å². The fourth-order valence-electron chi connectivity index (χ4n) is 6.60. The Morgan fingerprint density at radius 2 is 1.64 bits per heavy atom. The van der Waals surface area contributed by atoms with Gasteiger partial charge in [-0.1, -0.05) is 68.8 Å². The normalized spacial score (nSPS) is 15.7. The highest BCUT2D eigenvalue weighted by molar-refractivity contribution is 7.92. The van der Waals surface area contributed by atoms with Crippen molar-refractivity contribution in [3.8, 4) is 5.75 Å². The maximum absolute atomic E-state index is 13.8. The molecule has 0 atom stereocenters. The van der Waals surface area contributed by atoms with E-state index in [1.165, 1.54) is 6.20 Å². The van der Waals surface area contributed by atoms with Gasteiger partial charge in [-0.2, -0.15) is 0 Å². The van der Waals surface area contributed by atoms with Crippen molar-refractivity contribution in [1.29, 1.82) is 0 Å². The molecule has 0 bridgehead atoms. The number of hydrogen-bond acceptors (Lipinski definition) is 7. The van der Waals surface area contributed by atoms with Crippen molar-refractivity contribution in [3.05, 3.63) is 107 Å². The largest absolute Gasteiger partial charge is 0.410 e. The molecule has 1 aromatic heterocycles. The Kier molecular flexibility index (Phi) is 8.21. The van der Waals surface area contributed by atoms with E-state index >= 15 is 0 Å². The van der Waals surface area contributed by atoms with Crippen LogP contribution in [-0.2, 0) is 20.9 Å². The van der Waals surface area contributed by atoms with Gasteiger partial charge in [0.1, 0.15) is 5.82 Å². The molecule has 2 amide bonds. The molecule has 1 fully saturated rings. The summed E-state index contributed by atoms with van der Waals surface area (Å²) in [5.41, 5.74) is 8.94. The van der Waals surface area contributed by atoms with Gasteiger partial charge >= 0.3 is 6.09 Å². The number of fused-ring (bicyclic) bond motifs is 2. The second-order valence-electron chi connectivity index (χ2n) is 13.3. The Hall–Kier alpha value is -4.90. The highest BCUT2D eigenvalue weighted by Crippen LogP contribution is 2.49. The highest BCUT2D eigenvalue weighted by Gasteiger charge is 2.48. The molecule has 1 spiro atoms. The van der Waals surface area contributed by atoms with E-state index < -0.39 is 22.0 Å². The number of sulfonamides is 1. The van der Waals surface area contributed by atoms with E-state index in [0.717, 1.165) is 41.0 Å². The number of nitrogens with one attached hydrogen (secondary N) is 1. The van der Waals surface area contributed by atoms with E-state index in [9.17, 15) is 18.0 Å². The first-order valence-electron chi connectivity index (χ1n) is 15.6. The minimum absolute atomic E-state index is 0.170. The third kappa shape index (κ3) is 6.15. The number of benzene rings is 3. The third-order valence-electron chi connectivity index (χ3n) is 9.14. The maximum Gasteiger partial charge on any atom is 0.410 e. The number of primary amides is 1. The fourth-order valence-corrected chi connectivity index (χ4v) is 8.17. The minimum Gasteiger partial charge on any atom is -0.408 e. The standard InChI is InChI=1S/C36H39N5O5S/c1-24-12-15-26(16-13-24)47(44,45)41-23-36(27-8-5-6-10-29(27)41)18-20-40(21-19-36)31-17-14-25(22-38-31)33(42)39-32-28(35(2,3)4)9-7-11-30(32)46-34(37)43/h5-17,22H,18-21,23H2,1-4H3,(H2,37,43)(H,39,42). The zero-order valence-corrected chi connectivity index (χ0v) is 27.8. The van der Waals surface area contributed by atoms with Crippen molar-refractivity contribution in [2.75, 3.05) is 34.2 Å². The van der Waals surface area contributed by atoms with Crippen LogP contribution in [-0.4, -0.2) is 45.0 Å². The fraction of sp³-hybridized carbons (Fsp3) is 0.306. The summed E-state index contributed by atoms with van der Waals surface area (Å²) in [4.78, 5) is 32.0. The van der Waals surface area contributed by atoms with Crippen molar-refractivity contribution in [2.24, 2.45) is 5.73 Å². The van der Waals surface area contributed by atoms with Gasteiger partial charge in [0.25, 0.3) is 15.9 Å². The third-order valence-corrected chi connectivity index (χ3v) is 10.9. The van der Waals surface area contributed by atoms with E-state index in [2.05, 4.69) is 21.3 Å². The number of nitrogens with two attached hydrogens (primary N) is 1. The molecule has 3 aromatic carbocycles. The molecule has 2 aliphatic rings. The molecule has 3 N–H and O–H groups in total.